The summed E-state index contributed by atoms with van der Waals surface area (Å²) in [4.78, 5) is 34.4. The number of aromatic nitrogens is 2. The molecule has 176 valence electrons. The summed E-state index contributed by atoms with van der Waals surface area (Å²) in [6.45, 7) is 6.76. The highest BCUT2D eigenvalue weighted by Crippen LogP contribution is 2.39. The lowest BCUT2D eigenvalue weighted by Crippen LogP contribution is -2.28. The molecule has 3 aromatic rings. The first-order valence-electron chi connectivity index (χ1n) is 10.2. The Morgan fingerprint density at radius 2 is 1.97 bits per heavy atom. The number of amides is 2. The highest BCUT2D eigenvalue weighted by molar-refractivity contribution is 6.35. The quantitative estimate of drug-likeness (QED) is 0.403. The minimum absolute atomic E-state index is 0.0859. The van der Waals surface area contributed by atoms with Crippen LogP contribution in [-0.2, 0) is 16.1 Å². The van der Waals surface area contributed by atoms with Gasteiger partial charge >= 0.3 is 0 Å². The van der Waals surface area contributed by atoms with Crippen LogP contribution < -0.4 is 20.3 Å². The molecule has 0 saturated heterocycles. The molecular weight excluding hydrogens is 458 g/mol. The molecule has 9 nitrogen and oxygen atoms in total. The number of hydrogen-bond donors (Lipinski definition) is 3. The predicted octanol–water partition coefficient (Wildman–Crippen LogP) is 4.57. The van der Waals surface area contributed by atoms with Crippen molar-refractivity contribution in [2.45, 2.75) is 20.4 Å². The van der Waals surface area contributed by atoms with Crippen LogP contribution in [0.4, 0.5) is 23.0 Å². The van der Waals surface area contributed by atoms with E-state index in [9.17, 15) is 14.7 Å². The standard InChI is InChI=1S/C24H24ClN5O4/c1-5-22(33)28-18-8-6-7-9-19(18)29-24-26-12-16(14(2)27-24)13-30(15(3)31)20-10-17(32)11-21(34-4)23(20)25/h5-12,32H,1,13H2,2-4H3,(H,28,33)(H,26,27,29). The van der Waals surface area contributed by atoms with Crippen molar-refractivity contribution in [3.63, 3.8) is 0 Å². The van der Waals surface area contributed by atoms with Crippen molar-refractivity contribution < 1.29 is 19.4 Å². The van der Waals surface area contributed by atoms with Gasteiger partial charge in [0.1, 0.15) is 16.5 Å². The van der Waals surface area contributed by atoms with E-state index in [-0.39, 0.29) is 34.9 Å². The van der Waals surface area contributed by atoms with E-state index in [4.69, 9.17) is 16.3 Å². The number of carbonyl (C=O) groups is 2. The summed E-state index contributed by atoms with van der Waals surface area (Å²) >= 11 is 6.40. The largest absolute Gasteiger partial charge is 0.508 e. The molecule has 0 aliphatic heterocycles. The number of nitrogens with zero attached hydrogens (tertiary/aromatic N) is 3. The molecule has 1 aromatic heterocycles. The molecule has 1 heterocycles. The summed E-state index contributed by atoms with van der Waals surface area (Å²) in [5, 5.41) is 16.0. The highest BCUT2D eigenvalue weighted by Gasteiger charge is 2.21. The van der Waals surface area contributed by atoms with Gasteiger partial charge in [-0.1, -0.05) is 30.3 Å². The first-order valence-corrected chi connectivity index (χ1v) is 10.6. The van der Waals surface area contributed by atoms with Gasteiger partial charge in [0.2, 0.25) is 17.8 Å². The number of aryl methyl sites for hydroxylation is 1. The topological polar surface area (TPSA) is 117 Å². The van der Waals surface area contributed by atoms with E-state index >= 15 is 0 Å². The van der Waals surface area contributed by atoms with Crippen molar-refractivity contribution in [1.29, 1.82) is 0 Å². The lowest BCUT2D eigenvalue weighted by molar-refractivity contribution is -0.116. The van der Waals surface area contributed by atoms with Gasteiger partial charge in [-0.05, 0) is 25.1 Å². The molecule has 0 spiro atoms. The summed E-state index contributed by atoms with van der Waals surface area (Å²) in [7, 11) is 1.42. The summed E-state index contributed by atoms with van der Waals surface area (Å²) in [6.07, 6.45) is 2.78. The van der Waals surface area contributed by atoms with E-state index in [0.29, 0.717) is 34.3 Å². The van der Waals surface area contributed by atoms with Gasteiger partial charge in [0.15, 0.2) is 0 Å². The van der Waals surface area contributed by atoms with Crippen LogP contribution in [0.5, 0.6) is 11.5 Å². The zero-order valence-corrected chi connectivity index (χ0v) is 19.7. The summed E-state index contributed by atoms with van der Waals surface area (Å²) in [5.74, 6) is -0.154. The zero-order valence-electron chi connectivity index (χ0n) is 18.9. The molecule has 10 heteroatoms. The minimum Gasteiger partial charge on any atom is -0.508 e. The van der Waals surface area contributed by atoms with Crippen LogP contribution >= 0.6 is 11.6 Å². The minimum atomic E-state index is -0.340. The number of phenolic OH excluding ortho intramolecular Hbond substituents is 1. The Morgan fingerprint density at radius 1 is 1.26 bits per heavy atom. The second kappa shape index (κ2) is 10.7. The van der Waals surface area contributed by atoms with Crippen molar-refractivity contribution in [2.24, 2.45) is 0 Å². The normalized spacial score (nSPS) is 10.4. The predicted molar refractivity (Wildman–Crippen MR) is 132 cm³/mol. The van der Waals surface area contributed by atoms with E-state index in [2.05, 4.69) is 27.2 Å². The Labute approximate surface area is 202 Å². The monoisotopic (exact) mass is 481 g/mol. The maximum Gasteiger partial charge on any atom is 0.247 e. The number of aromatic hydroxyl groups is 1. The van der Waals surface area contributed by atoms with Crippen molar-refractivity contribution >= 4 is 46.4 Å². The number of rotatable bonds is 8. The number of hydrogen-bond acceptors (Lipinski definition) is 7. The fraction of sp³-hybridized carbons (Fsp3) is 0.167. The summed E-state index contributed by atoms with van der Waals surface area (Å²) in [6, 6.07) is 9.88. The molecule has 34 heavy (non-hydrogen) atoms. The van der Waals surface area contributed by atoms with E-state index in [1.165, 1.54) is 37.1 Å². The average Bonchev–Trinajstić information content (AvgIpc) is 2.81. The molecule has 0 unspecified atom stereocenters. The third-order valence-electron chi connectivity index (χ3n) is 4.92. The summed E-state index contributed by atoms with van der Waals surface area (Å²) in [5.41, 5.74) is 2.76. The molecule has 2 amide bonds. The van der Waals surface area contributed by atoms with E-state index in [1.807, 2.05) is 6.07 Å². The smallest absolute Gasteiger partial charge is 0.247 e. The molecular formula is C24H24ClN5O4. The van der Waals surface area contributed by atoms with Crippen LogP contribution in [0.25, 0.3) is 0 Å². The fourth-order valence-electron chi connectivity index (χ4n) is 3.16. The molecule has 0 aliphatic carbocycles. The fourth-order valence-corrected chi connectivity index (χ4v) is 3.45. The van der Waals surface area contributed by atoms with E-state index < -0.39 is 0 Å². The van der Waals surface area contributed by atoms with Gasteiger partial charge in [-0.25, -0.2) is 9.97 Å². The number of methoxy groups -OCH3 is 1. The maximum atomic E-state index is 12.4. The Bertz CT molecular complexity index is 1250. The van der Waals surface area contributed by atoms with Crippen LogP contribution in [0.15, 0.2) is 55.3 Å². The van der Waals surface area contributed by atoms with Gasteiger partial charge in [0.25, 0.3) is 0 Å². The molecule has 0 atom stereocenters. The maximum absolute atomic E-state index is 12.4. The zero-order chi connectivity index (χ0) is 24.8. The van der Waals surface area contributed by atoms with Crippen LogP contribution in [-0.4, -0.2) is 34.0 Å². The van der Waals surface area contributed by atoms with Gasteiger partial charge in [0.05, 0.1) is 30.7 Å². The van der Waals surface area contributed by atoms with E-state index in [0.717, 1.165) is 0 Å². The third-order valence-corrected chi connectivity index (χ3v) is 5.30. The van der Waals surface area contributed by atoms with Crippen molar-refractivity contribution in [3.05, 3.63) is 71.5 Å². The molecule has 0 radical (unpaired) electrons. The number of ether oxygens (including phenoxy) is 1. The second-order valence-electron chi connectivity index (χ2n) is 7.25. The second-order valence-corrected chi connectivity index (χ2v) is 7.63. The average molecular weight is 482 g/mol. The number of halogens is 1. The number of para-hydroxylation sites is 2. The Morgan fingerprint density at radius 3 is 2.59 bits per heavy atom. The lowest BCUT2D eigenvalue weighted by Gasteiger charge is -2.24. The summed E-state index contributed by atoms with van der Waals surface area (Å²) < 4.78 is 5.19. The number of anilines is 4. The van der Waals surface area contributed by atoms with Gasteiger partial charge < -0.3 is 25.4 Å². The van der Waals surface area contributed by atoms with Gasteiger partial charge in [-0.2, -0.15) is 0 Å². The van der Waals surface area contributed by atoms with Crippen LogP contribution in [0.2, 0.25) is 5.02 Å². The van der Waals surface area contributed by atoms with Crippen molar-refractivity contribution in [2.75, 3.05) is 22.6 Å². The molecule has 0 aliphatic rings. The van der Waals surface area contributed by atoms with Gasteiger partial charge in [-0.3, -0.25) is 9.59 Å². The number of carbonyl (C=O) groups excluding carboxylic acids is 2. The lowest BCUT2D eigenvalue weighted by atomic mass is 10.2. The molecule has 2 aromatic carbocycles. The Hall–Kier alpha value is -4.11. The molecule has 0 saturated carbocycles. The molecule has 3 rings (SSSR count). The van der Waals surface area contributed by atoms with E-state index in [1.54, 1.807) is 31.3 Å². The van der Waals surface area contributed by atoms with Crippen molar-refractivity contribution in [1.82, 2.24) is 9.97 Å². The van der Waals surface area contributed by atoms with Crippen LogP contribution in [0.1, 0.15) is 18.2 Å². The molecule has 3 N–H and O–H groups in total. The van der Waals surface area contributed by atoms with Gasteiger partial charge in [0, 0.05) is 36.5 Å². The van der Waals surface area contributed by atoms with Crippen LogP contribution in [0, 0.1) is 6.92 Å². The molecule has 0 bridgehead atoms. The highest BCUT2D eigenvalue weighted by atomic mass is 35.5. The number of nitrogens with one attached hydrogen (secondary N) is 2. The number of benzene rings is 2. The third kappa shape index (κ3) is 5.62. The Balaban J connectivity index is 1.87. The van der Waals surface area contributed by atoms with Gasteiger partial charge in [-0.15, -0.1) is 0 Å². The SMILES string of the molecule is C=CC(=O)Nc1ccccc1Nc1ncc(CN(C(C)=O)c2cc(O)cc(OC)c2Cl)c(C)n1. The first-order chi connectivity index (χ1) is 16.2. The van der Waals surface area contributed by atoms with Crippen LogP contribution in [0.3, 0.4) is 0 Å². The van der Waals surface area contributed by atoms with Crippen molar-refractivity contribution in [3.8, 4) is 11.5 Å². The molecule has 0 fully saturated rings. The first kappa shape index (κ1) is 24.5. The number of phenols is 1. The Kier molecular flexibility index (Phi) is 7.70.